The number of phenols is 1. The molecule has 0 spiro atoms. The highest BCUT2D eigenvalue weighted by molar-refractivity contribution is 5.77. The standard InChI is InChI=1S/C13H13N3O5/c17-8-3-1-7(2-4-8)5-9(12(19)20)15-10-6-14-13(21)16-11(10)18/h1-4,6,9,15,17H,5H2,(H,19,20)(H2,14,16,18,21)/t9-/m0/s1. The molecule has 5 N–H and O–H groups in total. The average molecular weight is 291 g/mol. The lowest BCUT2D eigenvalue weighted by Crippen LogP contribution is -2.35. The van der Waals surface area contributed by atoms with E-state index in [-0.39, 0.29) is 17.9 Å². The van der Waals surface area contributed by atoms with Crippen LogP contribution in [0, 0.1) is 0 Å². The predicted molar refractivity (Wildman–Crippen MR) is 74.5 cm³/mol. The minimum atomic E-state index is -1.14. The predicted octanol–water partition coefficient (Wildman–Crippen LogP) is -0.123. The number of anilines is 1. The Balaban J connectivity index is 2.19. The van der Waals surface area contributed by atoms with E-state index in [1.54, 1.807) is 12.1 Å². The third-order valence-electron chi connectivity index (χ3n) is 2.82. The molecule has 21 heavy (non-hydrogen) atoms. The number of aromatic nitrogens is 2. The molecule has 0 aliphatic heterocycles. The van der Waals surface area contributed by atoms with Crippen LogP contribution in [-0.4, -0.2) is 32.2 Å². The summed E-state index contributed by atoms with van der Waals surface area (Å²) in [5.41, 5.74) is -0.735. The zero-order valence-corrected chi connectivity index (χ0v) is 10.8. The van der Waals surface area contributed by atoms with Gasteiger partial charge in [0.1, 0.15) is 17.5 Å². The lowest BCUT2D eigenvalue weighted by Gasteiger charge is -2.15. The van der Waals surface area contributed by atoms with Gasteiger partial charge in [0.2, 0.25) is 0 Å². The maximum atomic E-state index is 11.5. The van der Waals surface area contributed by atoms with Gasteiger partial charge in [0.05, 0.1) is 0 Å². The first-order valence-corrected chi connectivity index (χ1v) is 6.05. The Hall–Kier alpha value is -3.03. The summed E-state index contributed by atoms with van der Waals surface area (Å²) < 4.78 is 0. The van der Waals surface area contributed by atoms with Crippen molar-refractivity contribution in [1.82, 2.24) is 9.97 Å². The molecule has 0 saturated heterocycles. The van der Waals surface area contributed by atoms with Crippen molar-refractivity contribution in [3.8, 4) is 5.75 Å². The van der Waals surface area contributed by atoms with Crippen LogP contribution < -0.4 is 16.6 Å². The van der Waals surface area contributed by atoms with E-state index in [4.69, 9.17) is 0 Å². The molecule has 110 valence electrons. The van der Waals surface area contributed by atoms with Gasteiger partial charge in [-0.05, 0) is 17.7 Å². The Bertz CT molecular complexity index is 747. The van der Waals surface area contributed by atoms with E-state index in [9.17, 15) is 24.6 Å². The van der Waals surface area contributed by atoms with Gasteiger partial charge >= 0.3 is 11.7 Å². The highest BCUT2D eigenvalue weighted by atomic mass is 16.4. The highest BCUT2D eigenvalue weighted by Crippen LogP contribution is 2.12. The van der Waals surface area contributed by atoms with Crippen LogP contribution in [0.15, 0.2) is 40.1 Å². The Labute approximate surface area is 118 Å². The van der Waals surface area contributed by atoms with Crippen LogP contribution in [0.2, 0.25) is 0 Å². The molecule has 2 rings (SSSR count). The molecular formula is C13H13N3O5. The highest BCUT2D eigenvalue weighted by Gasteiger charge is 2.19. The monoisotopic (exact) mass is 291 g/mol. The van der Waals surface area contributed by atoms with Crippen LogP contribution in [0.1, 0.15) is 5.56 Å². The second kappa shape index (κ2) is 5.95. The Morgan fingerprint density at radius 1 is 1.24 bits per heavy atom. The summed E-state index contributed by atoms with van der Waals surface area (Å²) in [6.45, 7) is 0. The number of carbonyl (C=O) groups is 1. The molecule has 0 bridgehead atoms. The number of aliphatic carboxylic acids is 1. The minimum Gasteiger partial charge on any atom is -0.508 e. The van der Waals surface area contributed by atoms with Crippen molar-refractivity contribution in [3.05, 3.63) is 56.9 Å². The summed E-state index contributed by atoms with van der Waals surface area (Å²) in [7, 11) is 0. The lowest BCUT2D eigenvalue weighted by molar-refractivity contribution is -0.137. The van der Waals surface area contributed by atoms with Gasteiger partial charge in [-0.2, -0.15) is 0 Å². The number of hydrogen-bond donors (Lipinski definition) is 5. The first-order chi connectivity index (χ1) is 9.95. The van der Waals surface area contributed by atoms with Gasteiger partial charge in [0.25, 0.3) is 5.56 Å². The van der Waals surface area contributed by atoms with Crippen LogP contribution in [-0.2, 0) is 11.2 Å². The second-order valence-electron chi connectivity index (χ2n) is 4.39. The molecule has 1 atom stereocenters. The number of H-pyrrole nitrogens is 2. The number of rotatable bonds is 5. The first-order valence-electron chi connectivity index (χ1n) is 6.05. The molecule has 0 aliphatic rings. The van der Waals surface area contributed by atoms with Gasteiger partial charge in [0.15, 0.2) is 0 Å². The summed E-state index contributed by atoms with van der Waals surface area (Å²) in [6, 6.07) is 5.01. The van der Waals surface area contributed by atoms with E-state index < -0.39 is 23.3 Å². The largest absolute Gasteiger partial charge is 0.508 e. The van der Waals surface area contributed by atoms with Crippen LogP contribution in [0.4, 0.5) is 5.69 Å². The molecule has 1 aromatic carbocycles. The van der Waals surface area contributed by atoms with Crippen molar-refractivity contribution in [2.45, 2.75) is 12.5 Å². The molecule has 0 fully saturated rings. The van der Waals surface area contributed by atoms with Crippen LogP contribution in [0.3, 0.4) is 0 Å². The fraction of sp³-hybridized carbons (Fsp3) is 0.154. The summed E-state index contributed by atoms with van der Waals surface area (Å²) >= 11 is 0. The fourth-order valence-corrected chi connectivity index (χ4v) is 1.77. The molecule has 1 aromatic heterocycles. The summed E-state index contributed by atoms with van der Waals surface area (Å²) in [5, 5.41) is 20.9. The van der Waals surface area contributed by atoms with Gasteiger partial charge < -0.3 is 20.5 Å². The summed E-state index contributed by atoms with van der Waals surface area (Å²) in [4.78, 5) is 38.0. The molecule has 0 saturated carbocycles. The third kappa shape index (κ3) is 3.72. The number of aromatic amines is 2. The van der Waals surface area contributed by atoms with E-state index in [0.717, 1.165) is 6.20 Å². The number of nitrogens with one attached hydrogen (secondary N) is 3. The van der Waals surface area contributed by atoms with Gasteiger partial charge in [-0.3, -0.25) is 9.78 Å². The maximum absolute atomic E-state index is 11.5. The van der Waals surface area contributed by atoms with Gasteiger partial charge in [0, 0.05) is 12.6 Å². The van der Waals surface area contributed by atoms with E-state index in [2.05, 4.69) is 10.3 Å². The third-order valence-corrected chi connectivity index (χ3v) is 2.82. The number of hydrogen-bond acceptors (Lipinski definition) is 5. The van der Waals surface area contributed by atoms with E-state index in [1.165, 1.54) is 12.1 Å². The van der Waals surface area contributed by atoms with Crippen LogP contribution >= 0.6 is 0 Å². The molecule has 8 heteroatoms. The van der Waals surface area contributed by atoms with E-state index >= 15 is 0 Å². The second-order valence-corrected chi connectivity index (χ2v) is 4.39. The summed E-state index contributed by atoms with van der Waals surface area (Å²) in [6.07, 6.45) is 1.22. The molecule has 8 nitrogen and oxygen atoms in total. The molecular weight excluding hydrogens is 278 g/mol. The number of carboxylic acid groups (broad SMARTS) is 1. The zero-order valence-electron chi connectivity index (χ0n) is 10.8. The molecule has 0 amide bonds. The normalized spacial score (nSPS) is 11.8. The van der Waals surface area contributed by atoms with Crippen LogP contribution in [0.25, 0.3) is 0 Å². The SMILES string of the molecule is O=C(O)[C@H](Cc1ccc(O)cc1)Nc1c[nH]c(=O)[nH]c1=O. The molecule has 2 aromatic rings. The number of aromatic hydroxyl groups is 1. The van der Waals surface area contributed by atoms with Crippen molar-refractivity contribution >= 4 is 11.7 Å². The lowest BCUT2D eigenvalue weighted by atomic mass is 10.1. The fourth-order valence-electron chi connectivity index (χ4n) is 1.77. The first kappa shape index (κ1) is 14.4. The van der Waals surface area contributed by atoms with Gasteiger partial charge in [-0.15, -0.1) is 0 Å². The van der Waals surface area contributed by atoms with Crippen molar-refractivity contribution in [2.75, 3.05) is 5.32 Å². The Kier molecular flexibility index (Phi) is 4.07. The van der Waals surface area contributed by atoms with E-state index in [1.807, 2.05) is 4.98 Å². The smallest absolute Gasteiger partial charge is 0.326 e. The zero-order chi connectivity index (χ0) is 15.4. The quantitative estimate of drug-likeness (QED) is 0.521. The molecule has 0 radical (unpaired) electrons. The summed E-state index contributed by atoms with van der Waals surface area (Å²) in [5.74, 6) is -1.07. The number of phenolic OH excluding ortho intramolecular Hbond substituents is 1. The van der Waals surface area contributed by atoms with Crippen molar-refractivity contribution in [2.24, 2.45) is 0 Å². The molecule has 0 unspecified atom stereocenters. The topological polar surface area (TPSA) is 135 Å². The van der Waals surface area contributed by atoms with E-state index in [0.29, 0.717) is 5.56 Å². The molecule has 0 aliphatic carbocycles. The van der Waals surface area contributed by atoms with Crippen LogP contribution in [0.5, 0.6) is 5.75 Å². The number of benzene rings is 1. The molecule has 1 heterocycles. The average Bonchev–Trinajstić information content (AvgIpc) is 2.43. The minimum absolute atomic E-state index is 0.0409. The number of carboxylic acids is 1. The maximum Gasteiger partial charge on any atom is 0.326 e. The Morgan fingerprint density at radius 3 is 2.48 bits per heavy atom. The van der Waals surface area contributed by atoms with Crippen molar-refractivity contribution < 1.29 is 15.0 Å². The van der Waals surface area contributed by atoms with Gasteiger partial charge in [-0.25, -0.2) is 9.59 Å². The van der Waals surface area contributed by atoms with Crippen molar-refractivity contribution in [1.29, 1.82) is 0 Å². The van der Waals surface area contributed by atoms with Crippen molar-refractivity contribution in [3.63, 3.8) is 0 Å². The Morgan fingerprint density at radius 2 is 1.90 bits per heavy atom. The van der Waals surface area contributed by atoms with Gasteiger partial charge in [-0.1, -0.05) is 12.1 Å².